The van der Waals surface area contributed by atoms with Gasteiger partial charge in [0.15, 0.2) is 0 Å². The fourth-order valence-corrected chi connectivity index (χ4v) is 1.99. The first-order valence-corrected chi connectivity index (χ1v) is 5.12. The average molecular weight is 282 g/mol. The number of hydrogen-bond donors (Lipinski definition) is 1. The molecule has 18 heavy (non-hydrogen) atoms. The van der Waals surface area contributed by atoms with Gasteiger partial charge >= 0.3 is 17.8 Å². The monoisotopic (exact) mass is 282 g/mol. The van der Waals surface area contributed by atoms with Crippen LogP contribution in [-0.4, -0.2) is 34.6 Å². The summed E-state index contributed by atoms with van der Waals surface area (Å²) in [5, 5.41) is 9.42. The molecule has 0 aromatic heterocycles. The van der Waals surface area contributed by atoms with Gasteiger partial charge in [-0.3, -0.25) is 0 Å². The first-order valence-electron chi connectivity index (χ1n) is 5.12. The molecule has 1 aliphatic rings. The molecule has 1 nitrogen and oxygen atoms in total. The Labute approximate surface area is 99.0 Å². The van der Waals surface area contributed by atoms with Gasteiger partial charge in [-0.05, 0) is 5.41 Å². The van der Waals surface area contributed by atoms with Gasteiger partial charge in [-0.15, -0.1) is 0 Å². The minimum absolute atomic E-state index is 1.09. The summed E-state index contributed by atoms with van der Waals surface area (Å²) in [7, 11) is 0. The fraction of sp³-hybridized carbons (Fsp3) is 1.00. The van der Waals surface area contributed by atoms with Crippen molar-refractivity contribution in [2.75, 3.05) is 0 Å². The molecule has 8 heteroatoms. The van der Waals surface area contributed by atoms with E-state index >= 15 is 0 Å². The van der Waals surface area contributed by atoms with Crippen molar-refractivity contribution >= 4 is 0 Å². The maximum absolute atomic E-state index is 14.0. The lowest BCUT2D eigenvalue weighted by molar-refractivity contribution is -0.299. The number of aliphatic hydroxyl groups excluding tert-OH is 1. The highest BCUT2D eigenvalue weighted by molar-refractivity contribution is 5.20. The second kappa shape index (κ2) is 3.52. The van der Waals surface area contributed by atoms with E-state index in [2.05, 4.69) is 0 Å². The summed E-state index contributed by atoms with van der Waals surface area (Å²) >= 11 is 0. The van der Waals surface area contributed by atoms with E-state index in [0.717, 1.165) is 20.8 Å². The highest BCUT2D eigenvalue weighted by Gasteiger charge is 2.89. The molecule has 108 valence electrons. The Morgan fingerprint density at radius 2 is 1.28 bits per heavy atom. The van der Waals surface area contributed by atoms with Gasteiger partial charge in [-0.2, -0.15) is 26.3 Å². The van der Waals surface area contributed by atoms with Crippen molar-refractivity contribution in [2.45, 2.75) is 56.7 Å². The Kier molecular flexibility index (Phi) is 3.04. The van der Waals surface area contributed by atoms with E-state index in [-0.39, 0.29) is 0 Å². The van der Waals surface area contributed by atoms with Crippen molar-refractivity contribution in [1.29, 1.82) is 0 Å². The Bertz CT molecular complexity index is 347. The van der Waals surface area contributed by atoms with Crippen LogP contribution >= 0.6 is 0 Å². The van der Waals surface area contributed by atoms with E-state index in [0.29, 0.717) is 0 Å². The predicted molar refractivity (Wildman–Crippen MR) is 48.8 cm³/mol. The van der Waals surface area contributed by atoms with Gasteiger partial charge in [0.25, 0.3) is 0 Å². The Balaban J connectivity index is 3.36. The second-order valence-electron chi connectivity index (χ2n) is 5.66. The van der Waals surface area contributed by atoms with Gasteiger partial charge in [0.2, 0.25) is 5.67 Å². The molecule has 0 bridgehead atoms. The third kappa shape index (κ3) is 1.64. The summed E-state index contributed by atoms with van der Waals surface area (Å²) in [6.45, 7) is 3.26. The first-order chi connectivity index (χ1) is 7.61. The Hall–Kier alpha value is -0.530. The molecule has 1 N–H and O–H groups in total. The third-order valence-corrected chi connectivity index (χ3v) is 3.11. The SMILES string of the molecule is CC(C)(C)C(O)C1(F)CC(F)(F)C(F)(F)C1(F)F. The van der Waals surface area contributed by atoms with Crippen LogP contribution in [0.5, 0.6) is 0 Å². The molecular weight excluding hydrogens is 269 g/mol. The highest BCUT2D eigenvalue weighted by atomic mass is 19.3. The summed E-state index contributed by atoms with van der Waals surface area (Å²) in [6.07, 6.45) is -5.07. The van der Waals surface area contributed by atoms with E-state index in [1.807, 2.05) is 0 Å². The van der Waals surface area contributed by atoms with E-state index in [1.165, 1.54) is 0 Å². The van der Waals surface area contributed by atoms with Gasteiger partial charge in [0, 0.05) is 0 Å². The van der Waals surface area contributed by atoms with Crippen LogP contribution < -0.4 is 0 Å². The summed E-state index contributed by atoms with van der Waals surface area (Å²) < 4.78 is 92.1. The van der Waals surface area contributed by atoms with Crippen molar-refractivity contribution in [3.8, 4) is 0 Å². The van der Waals surface area contributed by atoms with Crippen LogP contribution in [-0.2, 0) is 0 Å². The Morgan fingerprint density at radius 1 is 0.889 bits per heavy atom. The van der Waals surface area contributed by atoms with Crippen molar-refractivity contribution in [1.82, 2.24) is 0 Å². The van der Waals surface area contributed by atoms with Crippen LogP contribution in [0.1, 0.15) is 27.2 Å². The maximum Gasteiger partial charge on any atom is 0.375 e. The van der Waals surface area contributed by atoms with Gasteiger partial charge in [0.1, 0.15) is 0 Å². The highest BCUT2D eigenvalue weighted by Crippen LogP contribution is 2.64. The molecule has 0 spiro atoms. The topological polar surface area (TPSA) is 20.2 Å². The molecule has 1 fully saturated rings. The third-order valence-electron chi connectivity index (χ3n) is 3.11. The molecular formula is C10H13F7O. The van der Waals surface area contributed by atoms with Crippen molar-refractivity contribution < 1.29 is 35.8 Å². The van der Waals surface area contributed by atoms with E-state index in [4.69, 9.17) is 0 Å². The van der Waals surface area contributed by atoms with Gasteiger partial charge < -0.3 is 5.11 Å². The van der Waals surface area contributed by atoms with Crippen molar-refractivity contribution in [2.24, 2.45) is 5.41 Å². The van der Waals surface area contributed by atoms with Crippen LogP contribution in [0.3, 0.4) is 0 Å². The van der Waals surface area contributed by atoms with Gasteiger partial charge in [0.05, 0.1) is 12.5 Å². The zero-order valence-corrected chi connectivity index (χ0v) is 9.88. The summed E-state index contributed by atoms with van der Waals surface area (Å²) in [5.41, 5.74) is -5.97. The lowest BCUT2D eigenvalue weighted by Gasteiger charge is -2.38. The van der Waals surface area contributed by atoms with Gasteiger partial charge in [-0.1, -0.05) is 20.8 Å². The smallest absolute Gasteiger partial charge is 0.375 e. The maximum atomic E-state index is 14.0. The minimum Gasteiger partial charge on any atom is -0.389 e. The lowest BCUT2D eigenvalue weighted by atomic mass is 9.77. The molecule has 0 aromatic rings. The number of alkyl halides is 7. The molecule has 0 aliphatic heterocycles. The van der Waals surface area contributed by atoms with Crippen LogP contribution in [0.2, 0.25) is 0 Å². The molecule has 2 unspecified atom stereocenters. The normalized spacial score (nSPS) is 35.5. The van der Waals surface area contributed by atoms with Gasteiger partial charge in [-0.25, -0.2) is 4.39 Å². The van der Waals surface area contributed by atoms with Crippen molar-refractivity contribution in [3.05, 3.63) is 0 Å². The molecule has 1 rings (SSSR count). The number of rotatable bonds is 1. The van der Waals surface area contributed by atoms with Crippen LogP contribution in [0.15, 0.2) is 0 Å². The van der Waals surface area contributed by atoms with Crippen molar-refractivity contribution in [3.63, 3.8) is 0 Å². The number of hydrogen-bond acceptors (Lipinski definition) is 1. The molecule has 0 saturated heterocycles. The minimum atomic E-state index is -5.83. The first kappa shape index (κ1) is 15.5. The van der Waals surface area contributed by atoms with E-state index in [9.17, 15) is 35.8 Å². The summed E-state index contributed by atoms with van der Waals surface area (Å²) in [4.78, 5) is 0. The summed E-state index contributed by atoms with van der Waals surface area (Å²) in [5.74, 6) is -16.7. The van der Waals surface area contributed by atoms with E-state index in [1.54, 1.807) is 0 Å². The van der Waals surface area contributed by atoms with Crippen LogP contribution in [0, 0.1) is 5.41 Å². The zero-order chi connectivity index (χ0) is 14.8. The summed E-state index contributed by atoms with van der Waals surface area (Å²) in [6, 6.07) is 0. The quantitative estimate of drug-likeness (QED) is 0.731. The largest absolute Gasteiger partial charge is 0.389 e. The van der Waals surface area contributed by atoms with Crippen LogP contribution in [0.25, 0.3) is 0 Å². The molecule has 1 saturated carbocycles. The Morgan fingerprint density at radius 3 is 1.50 bits per heavy atom. The number of aliphatic hydroxyl groups is 1. The molecule has 0 amide bonds. The van der Waals surface area contributed by atoms with Crippen LogP contribution in [0.4, 0.5) is 30.7 Å². The molecule has 1 aliphatic carbocycles. The molecule has 0 heterocycles. The lowest BCUT2D eigenvalue weighted by Crippen LogP contribution is -2.59. The second-order valence-corrected chi connectivity index (χ2v) is 5.66. The molecule has 0 radical (unpaired) electrons. The molecule has 2 atom stereocenters. The zero-order valence-electron chi connectivity index (χ0n) is 9.88. The average Bonchev–Trinajstić information content (AvgIpc) is 2.21. The standard InChI is InChI=1S/C10H13F7O/c1-6(2,3)5(18)7(11)4-8(12,13)10(16,17)9(7,14)15/h5,18H,4H2,1-3H3. The molecule has 0 aromatic carbocycles. The number of halogens is 7. The predicted octanol–water partition coefficient (Wildman–Crippen LogP) is 3.41. The van der Waals surface area contributed by atoms with E-state index < -0.39 is 41.4 Å². The fourth-order valence-electron chi connectivity index (χ4n) is 1.99.